The summed E-state index contributed by atoms with van der Waals surface area (Å²) in [4.78, 5) is 0. The molecule has 1 aromatic carbocycles. The molecule has 2 nitrogen and oxygen atoms in total. The maximum absolute atomic E-state index is 6.21. The molecule has 2 heteroatoms. The highest BCUT2D eigenvalue weighted by molar-refractivity contribution is 5.37. The molecular formula is C15H21NO. The number of fused-ring (bicyclic) bond motifs is 1. The third-order valence-electron chi connectivity index (χ3n) is 4.09. The zero-order valence-corrected chi connectivity index (χ0v) is 10.6. The maximum Gasteiger partial charge on any atom is 0.120 e. The minimum atomic E-state index is 0.0845. The highest BCUT2D eigenvalue weighted by atomic mass is 16.5. The van der Waals surface area contributed by atoms with E-state index in [0.717, 1.165) is 25.3 Å². The summed E-state index contributed by atoms with van der Waals surface area (Å²) in [5.74, 6) is 1.06. The molecule has 1 fully saturated rings. The highest BCUT2D eigenvalue weighted by Gasteiger charge is 2.30. The third kappa shape index (κ3) is 2.32. The molecule has 1 saturated carbocycles. The summed E-state index contributed by atoms with van der Waals surface area (Å²) in [5, 5.41) is 3.40. The molecule has 1 aromatic rings. The van der Waals surface area contributed by atoms with E-state index in [9.17, 15) is 0 Å². The lowest BCUT2D eigenvalue weighted by molar-refractivity contribution is 0.0967. The standard InChI is InChI=1S/C15H21NO/c1-15(7-2-3-8-15)17-14-5-4-13-11-16-9-6-12(13)10-14/h4-5,10,16H,2-3,6-9,11H2,1H3. The van der Waals surface area contributed by atoms with E-state index in [4.69, 9.17) is 4.74 Å². The van der Waals surface area contributed by atoms with E-state index in [1.807, 2.05) is 0 Å². The lowest BCUT2D eigenvalue weighted by Gasteiger charge is -2.27. The van der Waals surface area contributed by atoms with Gasteiger partial charge in [0, 0.05) is 6.54 Å². The second-order valence-corrected chi connectivity index (χ2v) is 5.62. The number of hydrogen-bond acceptors (Lipinski definition) is 2. The third-order valence-corrected chi connectivity index (χ3v) is 4.09. The number of hydrogen-bond donors (Lipinski definition) is 1. The Labute approximate surface area is 103 Å². The fourth-order valence-electron chi connectivity index (χ4n) is 3.03. The SMILES string of the molecule is CC1(Oc2ccc3c(c2)CCNC3)CCCC1. The van der Waals surface area contributed by atoms with Crippen LogP contribution in [0.4, 0.5) is 0 Å². The largest absolute Gasteiger partial charge is 0.488 e. The first-order valence-electron chi connectivity index (χ1n) is 6.77. The summed E-state index contributed by atoms with van der Waals surface area (Å²) < 4.78 is 6.21. The van der Waals surface area contributed by atoms with Gasteiger partial charge in [-0.1, -0.05) is 6.07 Å². The van der Waals surface area contributed by atoms with Crippen molar-refractivity contribution in [1.82, 2.24) is 5.32 Å². The van der Waals surface area contributed by atoms with Crippen molar-refractivity contribution in [2.24, 2.45) is 0 Å². The van der Waals surface area contributed by atoms with Crippen LogP contribution < -0.4 is 10.1 Å². The Hall–Kier alpha value is -1.02. The maximum atomic E-state index is 6.21. The van der Waals surface area contributed by atoms with Crippen molar-refractivity contribution >= 4 is 0 Å². The van der Waals surface area contributed by atoms with Gasteiger partial charge in [0.05, 0.1) is 0 Å². The van der Waals surface area contributed by atoms with Gasteiger partial charge in [0.15, 0.2) is 0 Å². The topological polar surface area (TPSA) is 21.3 Å². The zero-order valence-electron chi connectivity index (χ0n) is 10.6. The van der Waals surface area contributed by atoms with Crippen LogP contribution in [0, 0.1) is 0 Å². The number of ether oxygens (including phenoxy) is 1. The Kier molecular flexibility index (Phi) is 2.83. The molecule has 0 unspecified atom stereocenters. The van der Waals surface area contributed by atoms with Gasteiger partial charge in [-0.05, 0) is 68.8 Å². The first-order valence-corrected chi connectivity index (χ1v) is 6.77. The molecule has 0 aromatic heterocycles. The Morgan fingerprint density at radius 1 is 1.18 bits per heavy atom. The van der Waals surface area contributed by atoms with Crippen molar-refractivity contribution in [3.63, 3.8) is 0 Å². The van der Waals surface area contributed by atoms with Crippen LogP contribution in [0.15, 0.2) is 18.2 Å². The van der Waals surface area contributed by atoms with E-state index in [1.54, 1.807) is 0 Å². The summed E-state index contributed by atoms with van der Waals surface area (Å²) in [7, 11) is 0. The van der Waals surface area contributed by atoms with Crippen molar-refractivity contribution in [3.8, 4) is 5.75 Å². The molecule has 0 atom stereocenters. The Bertz CT molecular complexity index is 407. The monoisotopic (exact) mass is 231 g/mol. The summed E-state index contributed by atoms with van der Waals surface area (Å²) >= 11 is 0. The molecule has 2 aliphatic rings. The molecule has 17 heavy (non-hydrogen) atoms. The number of nitrogens with one attached hydrogen (secondary N) is 1. The van der Waals surface area contributed by atoms with Gasteiger partial charge in [-0.25, -0.2) is 0 Å². The first kappa shape index (κ1) is 11.1. The van der Waals surface area contributed by atoms with Gasteiger partial charge >= 0.3 is 0 Å². The van der Waals surface area contributed by atoms with Crippen molar-refractivity contribution in [2.45, 2.75) is 51.2 Å². The molecule has 0 spiro atoms. The van der Waals surface area contributed by atoms with Crippen LogP contribution in [0.2, 0.25) is 0 Å². The summed E-state index contributed by atoms with van der Waals surface area (Å²) in [6.07, 6.45) is 6.15. The molecule has 92 valence electrons. The molecule has 1 N–H and O–H groups in total. The fraction of sp³-hybridized carbons (Fsp3) is 0.600. The summed E-state index contributed by atoms with van der Waals surface area (Å²) in [6.45, 7) is 4.35. The van der Waals surface area contributed by atoms with Crippen LogP contribution in [0.25, 0.3) is 0 Å². The lowest BCUT2D eigenvalue weighted by atomic mass is 10.0. The molecule has 0 bridgehead atoms. The smallest absolute Gasteiger partial charge is 0.120 e. The molecule has 0 saturated heterocycles. The van der Waals surface area contributed by atoms with Crippen molar-refractivity contribution in [3.05, 3.63) is 29.3 Å². The van der Waals surface area contributed by atoms with E-state index in [-0.39, 0.29) is 5.60 Å². The van der Waals surface area contributed by atoms with E-state index < -0.39 is 0 Å². The van der Waals surface area contributed by atoms with Crippen LogP contribution >= 0.6 is 0 Å². The lowest BCUT2D eigenvalue weighted by Crippen LogP contribution is -2.28. The number of benzene rings is 1. The molecule has 1 aliphatic heterocycles. The van der Waals surface area contributed by atoms with E-state index >= 15 is 0 Å². The minimum absolute atomic E-state index is 0.0845. The predicted octanol–water partition coefficient (Wildman–Crippen LogP) is 3.04. The van der Waals surface area contributed by atoms with Gasteiger partial charge in [0.1, 0.15) is 11.4 Å². The Morgan fingerprint density at radius 2 is 2.00 bits per heavy atom. The van der Waals surface area contributed by atoms with Crippen molar-refractivity contribution < 1.29 is 4.74 Å². The Morgan fingerprint density at radius 3 is 2.82 bits per heavy atom. The predicted molar refractivity (Wildman–Crippen MR) is 69.4 cm³/mol. The van der Waals surface area contributed by atoms with Gasteiger partial charge in [0.25, 0.3) is 0 Å². The van der Waals surface area contributed by atoms with Crippen LogP contribution in [-0.4, -0.2) is 12.1 Å². The second kappa shape index (κ2) is 4.34. The minimum Gasteiger partial charge on any atom is -0.488 e. The zero-order chi connectivity index (χ0) is 11.7. The normalized spacial score (nSPS) is 22.2. The summed E-state index contributed by atoms with van der Waals surface area (Å²) in [6, 6.07) is 6.60. The highest BCUT2D eigenvalue weighted by Crippen LogP contribution is 2.34. The average Bonchev–Trinajstić information content (AvgIpc) is 2.76. The molecule has 1 heterocycles. The Balaban J connectivity index is 1.79. The number of rotatable bonds is 2. The molecule has 1 aliphatic carbocycles. The second-order valence-electron chi connectivity index (χ2n) is 5.62. The molecular weight excluding hydrogens is 210 g/mol. The van der Waals surface area contributed by atoms with Crippen LogP contribution in [0.1, 0.15) is 43.7 Å². The van der Waals surface area contributed by atoms with Gasteiger partial charge in [0.2, 0.25) is 0 Å². The van der Waals surface area contributed by atoms with Crippen molar-refractivity contribution in [1.29, 1.82) is 0 Å². The fourth-order valence-corrected chi connectivity index (χ4v) is 3.03. The van der Waals surface area contributed by atoms with Crippen LogP contribution in [-0.2, 0) is 13.0 Å². The molecule has 0 radical (unpaired) electrons. The molecule has 0 amide bonds. The average molecular weight is 231 g/mol. The van der Waals surface area contributed by atoms with Crippen LogP contribution in [0.5, 0.6) is 5.75 Å². The van der Waals surface area contributed by atoms with E-state index in [1.165, 1.54) is 36.8 Å². The first-order chi connectivity index (χ1) is 8.25. The van der Waals surface area contributed by atoms with Gasteiger partial charge in [-0.2, -0.15) is 0 Å². The van der Waals surface area contributed by atoms with Gasteiger partial charge in [-0.3, -0.25) is 0 Å². The quantitative estimate of drug-likeness (QED) is 0.844. The summed E-state index contributed by atoms with van der Waals surface area (Å²) in [5.41, 5.74) is 2.98. The van der Waals surface area contributed by atoms with Crippen molar-refractivity contribution in [2.75, 3.05) is 6.54 Å². The van der Waals surface area contributed by atoms with Crippen LogP contribution in [0.3, 0.4) is 0 Å². The van der Waals surface area contributed by atoms with Gasteiger partial charge in [-0.15, -0.1) is 0 Å². The van der Waals surface area contributed by atoms with E-state index in [2.05, 4.69) is 30.4 Å². The van der Waals surface area contributed by atoms with Gasteiger partial charge < -0.3 is 10.1 Å². The molecule has 3 rings (SSSR count). The van der Waals surface area contributed by atoms with E-state index in [0.29, 0.717) is 0 Å².